The van der Waals surface area contributed by atoms with E-state index in [-0.39, 0.29) is 0 Å². The molecule has 2 nitrogen and oxygen atoms in total. The fourth-order valence-corrected chi connectivity index (χ4v) is 4.11. The second-order valence-corrected chi connectivity index (χ2v) is 7.81. The van der Waals surface area contributed by atoms with Gasteiger partial charge in [-0.05, 0) is 64.3 Å². The number of hydrogen-bond acceptors (Lipinski definition) is 2. The van der Waals surface area contributed by atoms with Crippen molar-refractivity contribution < 1.29 is 0 Å². The zero-order valence-electron chi connectivity index (χ0n) is 13.2. The standard InChI is InChI=1S/C17H32N2/c1-4-5-6-11-19-13-16(2,14-7-8-14)18-12-17(19,3)15-9-10-15/h14-15,18H,4-13H2,1-3H3. The maximum atomic E-state index is 3.95. The van der Waals surface area contributed by atoms with Crippen LogP contribution in [0, 0.1) is 11.8 Å². The van der Waals surface area contributed by atoms with E-state index >= 15 is 0 Å². The van der Waals surface area contributed by atoms with E-state index in [4.69, 9.17) is 0 Å². The van der Waals surface area contributed by atoms with Crippen LogP contribution in [-0.2, 0) is 0 Å². The molecule has 0 spiro atoms. The lowest BCUT2D eigenvalue weighted by molar-refractivity contribution is -0.00174. The van der Waals surface area contributed by atoms with Crippen LogP contribution in [0.4, 0.5) is 0 Å². The zero-order valence-corrected chi connectivity index (χ0v) is 13.2. The summed E-state index contributed by atoms with van der Waals surface area (Å²) < 4.78 is 0. The molecule has 2 atom stereocenters. The summed E-state index contributed by atoms with van der Waals surface area (Å²) in [4.78, 5) is 2.87. The van der Waals surface area contributed by atoms with Crippen LogP contribution in [0.25, 0.3) is 0 Å². The maximum Gasteiger partial charge on any atom is 0.0334 e. The lowest BCUT2D eigenvalue weighted by Crippen LogP contribution is -2.69. The van der Waals surface area contributed by atoms with Gasteiger partial charge in [0.15, 0.2) is 0 Å². The topological polar surface area (TPSA) is 15.3 Å². The molecule has 2 heteroatoms. The van der Waals surface area contributed by atoms with E-state index in [0.29, 0.717) is 11.1 Å². The van der Waals surface area contributed by atoms with Crippen LogP contribution in [-0.4, -0.2) is 35.6 Å². The van der Waals surface area contributed by atoms with Gasteiger partial charge in [0, 0.05) is 24.2 Å². The third kappa shape index (κ3) is 2.71. The lowest BCUT2D eigenvalue weighted by Gasteiger charge is -2.53. The predicted octanol–water partition coefficient (Wildman–Crippen LogP) is 3.42. The van der Waals surface area contributed by atoms with Crippen molar-refractivity contribution in [2.75, 3.05) is 19.6 Å². The molecule has 0 aromatic heterocycles. The first-order chi connectivity index (χ1) is 9.08. The first-order valence-electron chi connectivity index (χ1n) is 8.58. The smallest absolute Gasteiger partial charge is 0.0334 e. The SMILES string of the molecule is CCCCCN1CC(C)(C2CC2)NCC1(C)C1CC1. The number of nitrogens with zero attached hydrogens (tertiary/aromatic N) is 1. The Hall–Kier alpha value is -0.0800. The van der Waals surface area contributed by atoms with Crippen molar-refractivity contribution >= 4 is 0 Å². The Morgan fingerprint density at radius 1 is 1.05 bits per heavy atom. The highest BCUT2D eigenvalue weighted by atomic mass is 15.3. The van der Waals surface area contributed by atoms with E-state index in [0.717, 1.165) is 11.8 Å². The summed E-state index contributed by atoms with van der Waals surface area (Å²) in [6.45, 7) is 11.1. The molecule has 2 aliphatic carbocycles. The molecule has 0 radical (unpaired) electrons. The molecular weight excluding hydrogens is 232 g/mol. The highest BCUT2D eigenvalue weighted by Crippen LogP contribution is 2.48. The van der Waals surface area contributed by atoms with Gasteiger partial charge >= 0.3 is 0 Å². The first kappa shape index (κ1) is 13.9. The molecule has 0 amide bonds. The summed E-state index contributed by atoms with van der Waals surface area (Å²) in [6, 6.07) is 0. The fraction of sp³-hybridized carbons (Fsp3) is 1.00. The summed E-state index contributed by atoms with van der Waals surface area (Å²) >= 11 is 0. The van der Waals surface area contributed by atoms with Gasteiger partial charge < -0.3 is 5.32 Å². The van der Waals surface area contributed by atoms with Gasteiger partial charge in [0.05, 0.1) is 0 Å². The van der Waals surface area contributed by atoms with Crippen LogP contribution in [0.2, 0.25) is 0 Å². The molecule has 2 saturated carbocycles. The van der Waals surface area contributed by atoms with Crippen molar-refractivity contribution in [3.8, 4) is 0 Å². The van der Waals surface area contributed by atoms with Crippen LogP contribution in [0.15, 0.2) is 0 Å². The molecular formula is C17H32N2. The van der Waals surface area contributed by atoms with Crippen LogP contribution in [0.3, 0.4) is 0 Å². The Labute approximate surface area is 119 Å². The van der Waals surface area contributed by atoms with Gasteiger partial charge in [-0.25, -0.2) is 0 Å². The molecule has 1 saturated heterocycles. The van der Waals surface area contributed by atoms with Crippen molar-refractivity contribution in [2.24, 2.45) is 11.8 Å². The molecule has 2 unspecified atom stereocenters. The summed E-state index contributed by atoms with van der Waals surface area (Å²) in [5.41, 5.74) is 0.850. The number of hydrogen-bond donors (Lipinski definition) is 1. The lowest BCUT2D eigenvalue weighted by atomic mass is 9.83. The Balaban J connectivity index is 1.67. The Kier molecular flexibility index (Phi) is 3.68. The fourth-order valence-electron chi connectivity index (χ4n) is 4.11. The van der Waals surface area contributed by atoms with Crippen molar-refractivity contribution in [2.45, 2.75) is 76.8 Å². The minimum absolute atomic E-state index is 0.403. The Bertz CT molecular complexity index is 321. The second kappa shape index (κ2) is 5.04. The van der Waals surface area contributed by atoms with E-state index in [1.54, 1.807) is 0 Å². The van der Waals surface area contributed by atoms with E-state index in [1.165, 1.54) is 64.6 Å². The van der Waals surface area contributed by atoms with Gasteiger partial charge in [-0.15, -0.1) is 0 Å². The number of nitrogens with one attached hydrogen (secondary N) is 1. The molecule has 19 heavy (non-hydrogen) atoms. The molecule has 0 aromatic rings. The summed E-state index contributed by atoms with van der Waals surface area (Å²) in [7, 11) is 0. The average molecular weight is 264 g/mol. The van der Waals surface area contributed by atoms with Crippen molar-refractivity contribution in [1.82, 2.24) is 10.2 Å². The van der Waals surface area contributed by atoms with E-state index < -0.39 is 0 Å². The molecule has 3 rings (SSSR count). The van der Waals surface area contributed by atoms with Crippen molar-refractivity contribution in [3.05, 3.63) is 0 Å². The molecule has 1 N–H and O–H groups in total. The molecule has 1 heterocycles. The third-order valence-electron chi connectivity index (χ3n) is 6.06. The molecule has 1 aliphatic heterocycles. The van der Waals surface area contributed by atoms with Gasteiger partial charge in [-0.1, -0.05) is 19.8 Å². The molecule has 0 bridgehead atoms. The first-order valence-corrected chi connectivity index (χ1v) is 8.58. The zero-order chi connectivity index (χ0) is 13.5. The monoisotopic (exact) mass is 264 g/mol. The minimum atomic E-state index is 0.403. The largest absolute Gasteiger partial charge is 0.308 e. The van der Waals surface area contributed by atoms with Crippen LogP contribution < -0.4 is 5.32 Å². The summed E-state index contributed by atoms with van der Waals surface area (Å²) in [5.74, 6) is 1.91. The molecule has 110 valence electrons. The average Bonchev–Trinajstić information content (AvgIpc) is 3.25. The normalized spacial score (nSPS) is 40.6. The summed E-state index contributed by atoms with van der Waals surface area (Å²) in [6.07, 6.45) is 9.95. The van der Waals surface area contributed by atoms with Crippen LogP contribution >= 0.6 is 0 Å². The van der Waals surface area contributed by atoms with Gasteiger partial charge in [-0.3, -0.25) is 4.90 Å². The van der Waals surface area contributed by atoms with E-state index in [9.17, 15) is 0 Å². The minimum Gasteiger partial charge on any atom is -0.308 e. The number of unbranched alkanes of at least 4 members (excludes halogenated alkanes) is 2. The molecule has 3 fully saturated rings. The second-order valence-electron chi connectivity index (χ2n) is 7.81. The van der Waals surface area contributed by atoms with Crippen molar-refractivity contribution in [3.63, 3.8) is 0 Å². The number of piperazine rings is 1. The van der Waals surface area contributed by atoms with Gasteiger partial charge in [0.25, 0.3) is 0 Å². The molecule has 3 aliphatic rings. The highest BCUT2D eigenvalue weighted by Gasteiger charge is 2.53. The molecule has 0 aromatic carbocycles. The maximum absolute atomic E-state index is 3.95. The van der Waals surface area contributed by atoms with Gasteiger partial charge in [0.2, 0.25) is 0 Å². The quantitative estimate of drug-likeness (QED) is 0.740. The van der Waals surface area contributed by atoms with E-state index in [2.05, 4.69) is 31.0 Å². The highest BCUT2D eigenvalue weighted by molar-refractivity contribution is 5.11. The van der Waals surface area contributed by atoms with Crippen LogP contribution in [0.5, 0.6) is 0 Å². The Morgan fingerprint density at radius 3 is 2.32 bits per heavy atom. The van der Waals surface area contributed by atoms with Gasteiger partial charge in [0.1, 0.15) is 0 Å². The van der Waals surface area contributed by atoms with Gasteiger partial charge in [-0.2, -0.15) is 0 Å². The third-order valence-corrected chi connectivity index (χ3v) is 6.06. The van der Waals surface area contributed by atoms with Crippen LogP contribution in [0.1, 0.15) is 65.7 Å². The number of rotatable bonds is 6. The van der Waals surface area contributed by atoms with Crippen molar-refractivity contribution in [1.29, 1.82) is 0 Å². The Morgan fingerprint density at radius 2 is 1.74 bits per heavy atom. The van der Waals surface area contributed by atoms with E-state index in [1.807, 2.05) is 0 Å². The summed E-state index contributed by atoms with van der Waals surface area (Å²) in [5, 5.41) is 3.95. The predicted molar refractivity (Wildman–Crippen MR) is 81.4 cm³/mol.